The number of allylic oxidation sites excluding steroid dienone is 2. The first-order valence-electron chi connectivity index (χ1n) is 50.6. The zero-order valence-corrected chi connectivity index (χ0v) is 76.8. The molecule has 24 rings (SSSR count). The number of nitriles is 1. The summed E-state index contributed by atoms with van der Waals surface area (Å²) in [6.45, 7) is 50.1. The van der Waals surface area contributed by atoms with Crippen molar-refractivity contribution in [3.63, 3.8) is 0 Å². The van der Waals surface area contributed by atoms with Gasteiger partial charge in [-0.2, -0.15) is 5.26 Å². The first kappa shape index (κ1) is 85.9. The van der Waals surface area contributed by atoms with Crippen molar-refractivity contribution in [3.8, 4) is 6.07 Å². The first-order chi connectivity index (χ1) is 53.4. The van der Waals surface area contributed by atoms with Gasteiger partial charge in [0.25, 0.3) is 0 Å². The van der Waals surface area contributed by atoms with E-state index in [2.05, 4.69) is 157 Å². The number of carbonyl (C=O) groups is 1. The lowest BCUT2D eigenvalue weighted by Gasteiger charge is -2.41. The maximum atomic E-state index is 10.8. The van der Waals surface area contributed by atoms with Crippen LogP contribution in [0, 0.1) is 307 Å². The van der Waals surface area contributed by atoms with Crippen molar-refractivity contribution in [3.05, 3.63) is 12.2 Å². The Morgan fingerprint density at radius 2 is 0.768 bits per heavy atom. The molecule has 53 unspecified atom stereocenters. The second-order valence-electron chi connectivity index (χ2n) is 47.8. The van der Waals surface area contributed by atoms with Crippen LogP contribution in [0.15, 0.2) is 12.2 Å². The average Bonchev–Trinajstić information content (AvgIpc) is 1.53. The van der Waals surface area contributed by atoms with Gasteiger partial charge in [0.15, 0.2) is 0 Å². The molecule has 0 radical (unpaired) electrons. The zero-order chi connectivity index (χ0) is 79.8. The molecule has 0 aromatic rings. The molecule has 23 fully saturated rings. The smallest absolute Gasteiger partial charge is 0.302 e. The van der Waals surface area contributed by atoms with E-state index >= 15 is 0 Å². The molecule has 112 heavy (non-hydrogen) atoms. The van der Waals surface area contributed by atoms with E-state index in [1.165, 1.54) is 119 Å². The maximum absolute atomic E-state index is 10.8. The number of hydrogen-bond donors (Lipinski definition) is 2. The number of halogens is 1. The minimum Gasteiger partial charge on any atom is -0.462 e. The van der Waals surface area contributed by atoms with Crippen LogP contribution >= 0.6 is 11.6 Å². The number of esters is 1. The van der Waals surface area contributed by atoms with E-state index in [0.717, 1.165) is 250 Å². The molecule has 0 heterocycles. The number of carbonyl (C=O) groups excluding carboxylic acids is 1. The summed E-state index contributed by atoms with van der Waals surface area (Å²) < 4.78 is 5.32. The molecule has 0 aromatic heterocycles. The number of aliphatic hydroxyl groups is 2. The van der Waals surface area contributed by atoms with Crippen LogP contribution in [0.4, 0.5) is 0 Å². The van der Waals surface area contributed by atoms with Crippen molar-refractivity contribution in [1.82, 2.24) is 0 Å². The van der Waals surface area contributed by atoms with Crippen LogP contribution in [0.5, 0.6) is 0 Å². The predicted molar refractivity (Wildman–Crippen MR) is 466 cm³/mol. The monoisotopic (exact) mass is 1560 g/mol. The number of alkyl halides is 1. The average molecular weight is 1560 g/mol. The van der Waals surface area contributed by atoms with Gasteiger partial charge in [0.05, 0.1) is 12.2 Å². The van der Waals surface area contributed by atoms with E-state index in [1.807, 2.05) is 0 Å². The molecule has 53 atom stereocenters. The SMILES string of the molecule is CC(=O)OC1CC2CC1C(C)C2C.CC1C(C)C2CC1C1C3CCC(C3)C21.CC1C(C)C2CC1C1C=CCC12.CC1C(C)C2CC1C1CCCC21.CC1C2CC(C#N)C(C2)C1C.CC1C2CC(CO)C(C2)C1C.CC1C2CC(Cl)C(C2)C1C.CC1C2CC(O)C(C2)C1C.CC1C2CCC(C2)C1C.CCC1C2CCC(C2)C1C. The molecule has 0 saturated heterocycles. The lowest BCUT2D eigenvalue weighted by atomic mass is 9.64. The molecule has 23 saturated carbocycles. The lowest BCUT2D eigenvalue weighted by Crippen LogP contribution is -2.35. The summed E-state index contributed by atoms with van der Waals surface area (Å²) in [7, 11) is 0. The molecule has 0 aliphatic heterocycles. The Kier molecular flexibility index (Phi) is 26.9. The highest BCUT2D eigenvalue weighted by molar-refractivity contribution is 6.21. The standard InChI is InChI=1S/C14H22.C12H20.C12H18.C11H18O2.C10H15N.C10H18O.C10H18.C9H15Cl.C9H16O.C9H16/c1-7-8(2)12-6-11(7)13-9-3-4-10(5-9)14(12)13;2*1-7-8(2)12-6-11(7)9-4-3-5-10(9)12;1-6-7(2)10-4-9(6)5-11(10)13-8(3)12;2*1-6-7(2)10-4-8(6)3-9(10)5-11;1-3-10-7(2)8-4-5-9(10)6-8;2*1-5-6(2)8-3-7(5)4-9(8)10;1-6-7(2)9-4-3-8(6)5-9/h7-14H,3-6H2,1-2H3;7-12H,3-6H2,1-2H3;3-4,7-12H,5-6H2,1-2H3;6-7,9-11H,4-5H2,1-3H3;6-10H,3-4H2,1-2H3;6-11H,3-5H2,1-2H3;7-10H,3-6H2,1-2H3;5-9H,3-4H2,1-2H3;5-10H,3-4H2,1-2H3;6-9H,3-5H2,1-2H3. The van der Waals surface area contributed by atoms with Crippen LogP contribution < -0.4 is 0 Å². The number of fused-ring (bicyclic) bond motifs is 33. The Bertz CT molecular complexity index is 3040. The summed E-state index contributed by atoms with van der Waals surface area (Å²) in [4.78, 5) is 10.8. The molecule has 22 bridgehead atoms. The van der Waals surface area contributed by atoms with Crippen LogP contribution in [-0.2, 0) is 9.53 Å². The van der Waals surface area contributed by atoms with Crippen LogP contribution in [0.1, 0.15) is 319 Å². The van der Waals surface area contributed by atoms with Crippen LogP contribution in [0.3, 0.4) is 0 Å². The molecular weight excluding hydrogens is 1390 g/mol. The van der Waals surface area contributed by atoms with Gasteiger partial charge in [-0.1, -0.05) is 163 Å². The highest BCUT2D eigenvalue weighted by Gasteiger charge is 2.64. The maximum Gasteiger partial charge on any atom is 0.302 e. The number of ether oxygens (including phenoxy) is 1. The van der Waals surface area contributed by atoms with Gasteiger partial charge in [-0.15, -0.1) is 11.6 Å². The molecular formula is C106H176ClNO4. The quantitative estimate of drug-likeness (QED) is 0.127. The number of nitrogens with zero attached hydrogens (tertiary/aromatic N) is 1. The van der Waals surface area contributed by atoms with Crippen molar-refractivity contribution in [2.24, 2.45) is 296 Å². The lowest BCUT2D eigenvalue weighted by molar-refractivity contribution is -0.150. The van der Waals surface area contributed by atoms with Crippen LogP contribution in [0.25, 0.3) is 0 Å². The van der Waals surface area contributed by atoms with Crippen molar-refractivity contribution in [1.29, 1.82) is 5.26 Å². The van der Waals surface area contributed by atoms with Gasteiger partial charge in [0.1, 0.15) is 6.10 Å². The predicted octanol–water partition coefficient (Wildman–Crippen LogP) is 26.9. The number of hydrogen-bond acceptors (Lipinski definition) is 5. The molecule has 636 valence electrons. The summed E-state index contributed by atoms with van der Waals surface area (Å²) in [5.41, 5.74) is 0. The number of rotatable bonds is 3. The van der Waals surface area contributed by atoms with Gasteiger partial charge in [-0.05, 0) is 450 Å². The van der Waals surface area contributed by atoms with Gasteiger partial charge in [0, 0.05) is 24.8 Å². The topological polar surface area (TPSA) is 90.6 Å². The number of aliphatic hydroxyl groups excluding tert-OH is 2. The van der Waals surface area contributed by atoms with E-state index in [4.69, 9.17) is 26.7 Å². The van der Waals surface area contributed by atoms with E-state index in [-0.39, 0.29) is 18.2 Å². The van der Waals surface area contributed by atoms with Crippen LogP contribution in [-0.4, -0.2) is 40.4 Å². The summed E-state index contributed by atoms with van der Waals surface area (Å²) >= 11 is 6.17. The molecule has 2 N–H and O–H groups in total. The Labute approximate surface area is 695 Å². The third-order valence-electron chi connectivity index (χ3n) is 45.2. The van der Waals surface area contributed by atoms with Gasteiger partial charge >= 0.3 is 5.97 Å². The summed E-state index contributed by atoms with van der Waals surface area (Å²) in [5.74, 6) is 48.3. The fraction of sp³-hybridized carbons (Fsp3) is 0.962. The molecule has 24 aliphatic rings. The molecule has 0 amide bonds. The van der Waals surface area contributed by atoms with Crippen molar-refractivity contribution in [2.45, 2.75) is 336 Å². The van der Waals surface area contributed by atoms with Gasteiger partial charge < -0.3 is 14.9 Å². The molecule has 6 heteroatoms. The first-order valence-corrected chi connectivity index (χ1v) is 51.0. The highest BCUT2D eigenvalue weighted by atomic mass is 35.5. The van der Waals surface area contributed by atoms with Gasteiger partial charge in [0.2, 0.25) is 0 Å². The van der Waals surface area contributed by atoms with Crippen molar-refractivity contribution in [2.75, 3.05) is 6.61 Å². The third-order valence-corrected chi connectivity index (χ3v) is 45.7. The van der Waals surface area contributed by atoms with Gasteiger partial charge in [-0.25, -0.2) is 0 Å². The molecule has 0 aromatic carbocycles. The van der Waals surface area contributed by atoms with E-state index in [0.29, 0.717) is 35.7 Å². The van der Waals surface area contributed by atoms with E-state index < -0.39 is 0 Å². The summed E-state index contributed by atoms with van der Waals surface area (Å²) in [5, 5.41) is 28.0. The summed E-state index contributed by atoms with van der Waals surface area (Å²) in [6.07, 6.45) is 44.3. The van der Waals surface area contributed by atoms with Gasteiger partial charge in [-0.3, -0.25) is 4.79 Å². The third kappa shape index (κ3) is 15.7. The molecule has 24 aliphatic carbocycles. The molecule has 5 nitrogen and oxygen atoms in total. The fourth-order valence-corrected chi connectivity index (χ4v) is 37.3. The van der Waals surface area contributed by atoms with E-state index in [1.54, 1.807) is 83.5 Å². The Balaban J connectivity index is 0.0000000987. The minimum absolute atomic E-state index is 0.0381. The Hall–Kier alpha value is -1.09. The van der Waals surface area contributed by atoms with Crippen molar-refractivity contribution >= 4 is 17.6 Å². The minimum atomic E-state index is -0.114. The zero-order valence-electron chi connectivity index (χ0n) is 76.1. The Morgan fingerprint density at radius 3 is 1.19 bits per heavy atom. The fourth-order valence-electron chi connectivity index (χ4n) is 36.8. The normalized spacial score (nSPS) is 58.1. The Morgan fingerprint density at radius 1 is 0.375 bits per heavy atom. The van der Waals surface area contributed by atoms with Crippen molar-refractivity contribution < 1.29 is 19.7 Å². The largest absolute Gasteiger partial charge is 0.462 e. The summed E-state index contributed by atoms with van der Waals surface area (Å²) in [6, 6.07) is 2.45. The second-order valence-corrected chi connectivity index (χ2v) is 48.4. The highest BCUT2D eigenvalue weighted by Crippen LogP contribution is 2.71. The molecule has 0 spiro atoms. The van der Waals surface area contributed by atoms with Crippen LogP contribution in [0.2, 0.25) is 0 Å². The van der Waals surface area contributed by atoms with E-state index in [9.17, 15) is 9.90 Å². The second kappa shape index (κ2) is 35.0.